The Morgan fingerprint density at radius 2 is 2.07 bits per heavy atom. The molecule has 3 N–H and O–H groups in total. The highest BCUT2D eigenvalue weighted by atomic mass is 16.6. The first-order valence-electron chi connectivity index (χ1n) is 4.78. The van der Waals surface area contributed by atoms with E-state index in [1.165, 1.54) is 0 Å². The molecule has 2 atom stereocenters. The number of carbonyl (C=O) groups is 1. The van der Waals surface area contributed by atoms with Crippen LogP contribution in [0.3, 0.4) is 0 Å². The standard InChI is InChI=1S/C11H15NO3/c1-8(9-5-3-2-4-6-9)15-11(14)10(13)7-12/h2-6,8,10,13H,7,12H2,1H3. The molecule has 4 heteroatoms. The molecule has 0 spiro atoms. The van der Waals surface area contributed by atoms with Crippen molar-refractivity contribution in [2.75, 3.05) is 6.54 Å². The van der Waals surface area contributed by atoms with Crippen LogP contribution < -0.4 is 5.73 Å². The molecule has 0 bridgehead atoms. The Labute approximate surface area is 88.7 Å². The van der Waals surface area contributed by atoms with E-state index in [0.29, 0.717) is 0 Å². The topological polar surface area (TPSA) is 72.5 Å². The molecule has 0 aliphatic heterocycles. The van der Waals surface area contributed by atoms with E-state index in [2.05, 4.69) is 0 Å². The van der Waals surface area contributed by atoms with Gasteiger partial charge < -0.3 is 15.6 Å². The number of nitrogens with two attached hydrogens (primary N) is 1. The second kappa shape index (κ2) is 5.48. The summed E-state index contributed by atoms with van der Waals surface area (Å²) in [4.78, 5) is 11.2. The van der Waals surface area contributed by atoms with E-state index in [4.69, 9.17) is 15.6 Å². The van der Waals surface area contributed by atoms with Gasteiger partial charge >= 0.3 is 5.97 Å². The summed E-state index contributed by atoms with van der Waals surface area (Å²) < 4.78 is 5.02. The lowest BCUT2D eigenvalue weighted by atomic mass is 10.1. The van der Waals surface area contributed by atoms with Crippen LogP contribution in [0, 0.1) is 0 Å². The lowest BCUT2D eigenvalue weighted by Gasteiger charge is -2.15. The van der Waals surface area contributed by atoms with Crippen molar-refractivity contribution in [2.24, 2.45) is 5.73 Å². The summed E-state index contributed by atoms with van der Waals surface area (Å²) in [6.45, 7) is 1.62. The first-order valence-corrected chi connectivity index (χ1v) is 4.78. The van der Waals surface area contributed by atoms with Gasteiger partial charge in [-0.3, -0.25) is 0 Å². The molecule has 1 rings (SSSR count). The minimum atomic E-state index is -1.24. The molecule has 0 radical (unpaired) electrons. The van der Waals surface area contributed by atoms with Gasteiger partial charge in [-0.15, -0.1) is 0 Å². The molecule has 2 unspecified atom stereocenters. The normalized spacial score (nSPS) is 14.3. The zero-order valence-corrected chi connectivity index (χ0v) is 8.59. The summed E-state index contributed by atoms with van der Waals surface area (Å²) in [5.41, 5.74) is 6.02. The molecular formula is C11H15NO3. The van der Waals surface area contributed by atoms with Crippen LogP contribution in [0.4, 0.5) is 0 Å². The molecule has 4 nitrogen and oxygen atoms in total. The summed E-state index contributed by atoms with van der Waals surface area (Å²) in [7, 11) is 0. The molecular weight excluding hydrogens is 194 g/mol. The van der Waals surface area contributed by atoms with Gasteiger partial charge in [-0.05, 0) is 12.5 Å². The van der Waals surface area contributed by atoms with Crippen molar-refractivity contribution in [3.63, 3.8) is 0 Å². The van der Waals surface area contributed by atoms with Crippen molar-refractivity contribution in [2.45, 2.75) is 19.1 Å². The largest absolute Gasteiger partial charge is 0.456 e. The van der Waals surface area contributed by atoms with Gasteiger partial charge in [0.25, 0.3) is 0 Å². The third-order valence-electron chi connectivity index (χ3n) is 2.06. The molecule has 0 aromatic heterocycles. The number of ether oxygens (including phenoxy) is 1. The number of rotatable bonds is 4. The van der Waals surface area contributed by atoms with Crippen molar-refractivity contribution < 1.29 is 14.6 Å². The highest BCUT2D eigenvalue weighted by Crippen LogP contribution is 2.16. The van der Waals surface area contributed by atoms with E-state index in [9.17, 15) is 4.79 Å². The van der Waals surface area contributed by atoms with Gasteiger partial charge in [-0.25, -0.2) is 4.79 Å². The molecule has 1 aromatic carbocycles. The minimum Gasteiger partial charge on any atom is -0.456 e. The van der Waals surface area contributed by atoms with Crippen molar-refractivity contribution in [3.05, 3.63) is 35.9 Å². The predicted molar refractivity (Wildman–Crippen MR) is 56.0 cm³/mol. The number of esters is 1. The molecule has 0 amide bonds. The van der Waals surface area contributed by atoms with E-state index in [-0.39, 0.29) is 12.6 Å². The van der Waals surface area contributed by atoms with E-state index in [1.54, 1.807) is 6.92 Å². The fraction of sp³-hybridized carbons (Fsp3) is 0.364. The van der Waals surface area contributed by atoms with E-state index < -0.39 is 12.1 Å². The molecule has 0 aliphatic rings. The first-order chi connectivity index (χ1) is 7.15. The van der Waals surface area contributed by atoms with Crippen LogP contribution in [0.25, 0.3) is 0 Å². The Kier molecular flexibility index (Phi) is 4.27. The second-order valence-electron chi connectivity index (χ2n) is 3.24. The summed E-state index contributed by atoms with van der Waals surface area (Å²) in [6.07, 6.45) is -1.61. The first kappa shape index (κ1) is 11.7. The zero-order chi connectivity index (χ0) is 11.3. The molecule has 0 fully saturated rings. The van der Waals surface area contributed by atoms with Gasteiger partial charge in [0.15, 0.2) is 6.10 Å². The van der Waals surface area contributed by atoms with Crippen molar-refractivity contribution in [1.82, 2.24) is 0 Å². The third kappa shape index (κ3) is 3.34. The lowest BCUT2D eigenvalue weighted by molar-refractivity contribution is -0.158. The number of hydrogen-bond donors (Lipinski definition) is 2. The average Bonchev–Trinajstić information content (AvgIpc) is 2.29. The van der Waals surface area contributed by atoms with Crippen LogP contribution in [-0.2, 0) is 9.53 Å². The van der Waals surface area contributed by atoms with Gasteiger partial charge in [0, 0.05) is 6.54 Å². The van der Waals surface area contributed by atoms with E-state index in [0.717, 1.165) is 5.56 Å². The average molecular weight is 209 g/mol. The Morgan fingerprint density at radius 3 is 2.60 bits per heavy atom. The van der Waals surface area contributed by atoms with E-state index >= 15 is 0 Å². The number of carbonyl (C=O) groups excluding carboxylic acids is 1. The maximum atomic E-state index is 11.2. The van der Waals surface area contributed by atoms with Gasteiger partial charge in [0.1, 0.15) is 6.10 Å². The van der Waals surface area contributed by atoms with Gasteiger partial charge in [0.2, 0.25) is 0 Å². The van der Waals surface area contributed by atoms with Crippen LogP contribution in [0.15, 0.2) is 30.3 Å². The monoisotopic (exact) mass is 209 g/mol. The maximum absolute atomic E-state index is 11.2. The van der Waals surface area contributed by atoms with Crippen molar-refractivity contribution >= 4 is 5.97 Å². The Hall–Kier alpha value is -1.39. The molecule has 1 aromatic rings. The lowest BCUT2D eigenvalue weighted by Crippen LogP contribution is -2.31. The SMILES string of the molecule is CC(OC(=O)C(O)CN)c1ccccc1. The van der Waals surface area contributed by atoms with Crippen molar-refractivity contribution in [1.29, 1.82) is 0 Å². The molecule has 0 saturated carbocycles. The van der Waals surface area contributed by atoms with Crippen molar-refractivity contribution in [3.8, 4) is 0 Å². The summed E-state index contributed by atoms with van der Waals surface area (Å²) in [6, 6.07) is 9.31. The predicted octanol–water partition coefficient (Wildman–Crippen LogP) is 0.610. The van der Waals surface area contributed by atoms with Gasteiger partial charge in [0.05, 0.1) is 0 Å². The maximum Gasteiger partial charge on any atom is 0.336 e. The van der Waals surface area contributed by atoms with E-state index in [1.807, 2.05) is 30.3 Å². The number of aliphatic hydroxyl groups is 1. The molecule has 15 heavy (non-hydrogen) atoms. The second-order valence-corrected chi connectivity index (χ2v) is 3.24. The van der Waals surface area contributed by atoms with Crippen LogP contribution in [-0.4, -0.2) is 23.7 Å². The number of aliphatic hydroxyl groups excluding tert-OH is 1. The third-order valence-corrected chi connectivity index (χ3v) is 2.06. The Morgan fingerprint density at radius 1 is 1.47 bits per heavy atom. The number of benzene rings is 1. The highest BCUT2D eigenvalue weighted by Gasteiger charge is 2.18. The fourth-order valence-corrected chi connectivity index (χ4v) is 1.14. The Balaban J connectivity index is 2.56. The van der Waals surface area contributed by atoms with Gasteiger partial charge in [-0.2, -0.15) is 0 Å². The molecule has 0 saturated heterocycles. The summed E-state index contributed by atoms with van der Waals surface area (Å²) in [5, 5.41) is 9.12. The molecule has 82 valence electrons. The highest BCUT2D eigenvalue weighted by molar-refractivity contribution is 5.74. The van der Waals surface area contributed by atoms with Crippen LogP contribution >= 0.6 is 0 Å². The van der Waals surface area contributed by atoms with Crippen LogP contribution in [0.2, 0.25) is 0 Å². The molecule has 0 heterocycles. The number of hydrogen-bond acceptors (Lipinski definition) is 4. The van der Waals surface area contributed by atoms with Crippen LogP contribution in [0.5, 0.6) is 0 Å². The minimum absolute atomic E-state index is 0.125. The summed E-state index contributed by atoms with van der Waals surface area (Å²) >= 11 is 0. The summed E-state index contributed by atoms with van der Waals surface area (Å²) in [5.74, 6) is -0.686. The fourth-order valence-electron chi connectivity index (χ4n) is 1.14. The smallest absolute Gasteiger partial charge is 0.336 e. The van der Waals surface area contributed by atoms with Gasteiger partial charge in [-0.1, -0.05) is 30.3 Å². The Bertz CT molecular complexity index is 313. The molecule has 0 aliphatic carbocycles. The zero-order valence-electron chi connectivity index (χ0n) is 8.59. The van der Waals surface area contributed by atoms with Crippen LogP contribution in [0.1, 0.15) is 18.6 Å². The quantitative estimate of drug-likeness (QED) is 0.713.